The summed E-state index contributed by atoms with van der Waals surface area (Å²) in [5.74, 6) is 1.06. The maximum Gasteiger partial charge on any atom is 0.322 e. The lowest BCUT2D eigenvalue weighted by atomic mass is 10.3. The molecule has 0 saturated carbocycles. The van der Waals surface area contributed by atoms with Crippen LogP contribution >= 0.6 is 0 Å². The Kier molecular flexibility index (Phi) is 6.12. The Morgan fingerprint density at radius 1 is 1.04 bits per heavy atom. The average molecular weight is 333 g/mol. The highest BCUT2D eigenvalue weighted by Gasteiger charge is 2.09. The minimum Gasteiger partial charge on any atom is -0.494 e. The number of rotatable bonds is 7. The Morgan fingerprint density at radius 3 is 2.21 bits per heavy atom. The molecule has 0 fully saturated rings. The number of anilines is 1. The van der Waals surface area contributed by atoms with Gasteiger partial charge in [0.2, 0.25) is 0 Å². The molecule has 0 aliphatic rings. The van der Waals surface area contributed by atoms with Crippen LogP contribution in [0.15, 0.2) is 24.3 Å². The number of carbonyl (C=O) groups excluding carboxylic acids is 1. The Labute approximate surface area is 139 Å². The minimum atomic E-state index is -0.391. The predicted octanol–water partition coefficient (Wildman–Crippen LogP) is 1.61. The molecule has 0 radical (unpaired) electrons. The third-order valence-electron chi connectivity index (χ3n) is 2.84. The van der Waals surface area contributed by atoms with E-state index < -0.39 is 6.03 Å². The predicted molar refractivity (Wildman–Crippen MR) is 86.4 cm³/mol. The Morgan fingerprint density at radius 2 is 1.67 bits per heavy atom. The fourth-order valence-corrected chi connectivity index (χ4v) is 1.78. The number of nitrogens with zero attached hydrogens (tertiary/aromatic N) is 3. The lowest BCUT2D eigenvalue weighted by Crippen LogP contribution is -2.29. The van der Waals surface area contributed by atoms with Crippen LogP contribution in [0.5, 0.6) is 17.8 Å². The first-order valence-electron chi connectivity index (χ1n) is 7.25. The quantitative estimate of drug-likeness (QED) is 0.792. The van der Waals surface area contributed by atoms with Crippen LogP contribution in [-0.4, -0.2) is 41.8 Å². The van der Waals surface area contributed by atoms with Gasteiger partial charge in [0.05, 0.1) is 27.4 Å². The summed E-state index contributed by atoms with van der Waals surface area (Å²) < 4.78 is 15.2. The van der Waals surface area contributed by atoms with Crippen molar-refractivity contribution in [2.75, 3.05) is 26.1 Å². The van der Waals surface area contributed by atoms with Gasteiger partial charge in [-0.3, -0.25) is 0 Å². The van der Waals surface area contributed by atoms with Crippen molar-refractivity contribution in [2.24, 2.45) is 0 Å². The number of methoxy groups -OCH3 is 2. The minimum absolute atomic E-state index is 0.0953. The summed E-state index contributed by atoms with van der Waals surface area (Å²) in [6, 6.07) is 6.90. The van der Waals surface area contributed by atoms with Gasteiger partial charge in [-0.2, -0.15) is 9.97 Å². The van der Waals surface area contributed by atoms with Crippen LogP contribution in [0.25, 0.3) is 0 Å². The van der Waals surface area contributed by atoms with E-state index in [9.17, 15) is 4.79 Å². The molecule has 0 unspecified atom stereocenters. The van der Waals surface area contributed by atoms with Crippen LogP contribution in [0, 0.1) is 0 Å². The van der Waals surface area contributed by atoms with E-state index in [1.807, 2.05) is 6.92 Å². The van der Waals surface area contributed by atoms with E-state index in [-0.39, 0.29) is 18.6 Å². The van der Waals surface area contributed by atoms with Gasteiger partial charge in [0.25, 0.3) is 0 Å². The molecule has 0 aliphatic heterocycles. The molecular weight excluding hydrogens is 314 g/mol. The number of carbonyl (C=O) groups is 1. The molecule has 0 atom stereocenters. The van der Waals surface area contributed by atoms with Gasteiger partial charge >= 0.3 is 18.1 Å². The van der Waals surface area contributed by atoms with Crippen LogP contribution in [-0.2, 0) is 6.54 Å². The van der Waals surface area contributed by atoms with E-state index in [0.717, 1.165) is 5.75 Å². The number of hydrogen-bond donors (Lipinski definition) is 2. The normalized spacial score (nSPS) is 9.96. The van der Waals surface area contributed by atoms with Crippen molar-refractivity contribution in [1.82, 2.24) is 20.3 Å². The molecule has 2 N–H and O–H groups in total. The molecule has 0 aliphatic carbocycles. The molecule has 128 valence electrons. The summed E-state index contributed by atoms with van der Waals surface area (Å²) in [6.07, 6.45) is 0. The molecule has 1 aromatic carbocycles. The van der Waals surface area contributed by atoms with Gasteiger partial charge in [-0.1, -0.05) is 0 Å². The number of nitrogens with one attached hydrogen (secondary N) is 2. The lowest BCUT2D eigenvalue weighted by Gasteiger charge is -2.09. The van der Waals surface area contributed by atoms with Crippen molar-refractivity contribution in [3.63, 3.8) is 0 Å². The highest BCUT2D eigenvalue weighted by atomic mass is 16.5. The largest absolute Gasteiger partial charge is 0.494 e. The van der Waals surface area contributed by atoms with Crippen LogP contribution in [0.1, 0.15) is 12.7 Å². The van der Waals surface area contributed by atoms with Gasteiger partial charge in [0.15, 0.2) is 5.82 Å². The van der Waals surface area contributed by atoms with Crippen molar-refractivity contribution in [3.05, 3.63) is 30.1 Å². The van der Waals surface area contributed by atoms with Crippen molar-refractivity contribution >= 4 is 11.7 Å². The first kappa shape index (κ1) is 17.3. The summed E-state index contributed by atoms with van der Waals surface area (Å²) in [6.45, 7) is 2.59. The monoisotopic (exact) mass is 333 g/mol. The van der Waals surface area contributed by atoms with Gasteiger partial charge < -0.3 is 24.8 Å². The average Bonchev–Trinajstić information content (AvgIpc) is 2.61. The lowest BCUT2D eigenvalue weighted by molar-refractivity contribution is 0.251. The third kappa shape index (κ3) is 4.97. The Bertz CT molecular complexity index is 656. The second kappa shape index (κ2) is 8.51. The molecule has 24 heavy (non-hydrogen) atoms. The first-order chi connectivity index (χ1) is 11.6. The summed E-state index contributed by atoms with van der Waals surface area (Å²) >= 11 is 0. The van der Waals surface area contributed by atoms with Gasteiger partial charge in [0, 0.05) is 5.69 Å². The zero-order chi connectivity index (χ0) is 17.4. The van der Waals surface area contributed by atoms with Gasteiger partial charge in [0.1, 0.15) is 5.75 Å². The third-order valence-corrected chi connectivity index (χ3v) is 2.84. The second-order valence-electron chi connectivity index (χ2n) is 4.49. The zero-order valence-corrected chi connectivity index (χ0v) is 13.7. The topological polar surface area (TPSA) is 107 Å². The Balaban J connectivity index is 1.91. The van der Waals surface area contributed by atoms with Crippen LogP contribution in [0.2, 0.25) is 0 Å². The van der Waals surface area contributed by atoms with Crippen molar-refractivity contribution < 1.29 is 19.0 Å². The first-order valence-corrected chi connectivity index (χ1v) is 7.25. The van der Waals surface area contributed by atoms with Crippen molar-refractivity contribution in [3.8, 4) is 17.8 Å². The number of urea groups is 1. The van der Waals surface area contributed by atoms with E-state index >= 15 is 0 Å². The van der Waals surface area contributed by atoms with E-state index in [1.54, 1.807) is 24.3 Å². The molecule has 2 rings (SSSR count). The molecule has 1 aromatic heterocycles. The fourth-order valence-electron chi connectivity index (χ4n) is 1.78. The summed E-state index contributed by atoms with van der Waals surface area (Å²) in [7, 11) is 2.87. The second-order valence-corrected chi connectivity index (χ2v) is 4.49. The number of benzene rings is 1. The van der Waals surface area contributed by atoms with Gasteiger partial charge in [-0.25, -0.2) is 4.79 Å². The molecule has 9 heteroatoms. The molecule has 2 aromatic rings. The molecule has 1 heterocycles. The molecule has 2 amide bonds. The van der Waals surface area contributed by atoms with Crippen LogP contribution in [0.3, 0.4) is 0 Å². The smallest absolute Gasteiger partial charge is 0.322 e. The van der Waals surface area contributed by atoms with Gasteiger partial charge in [-0.15, -0.1) is 4.98 Å². The number of aromatic nitrogens is 3. The molecule has 0 saturated heterocycles. The molecule has 0 bridgehead atoms. The summed E-state index contributed by atoms with van der Waals surface area (Å²) in [5, 5.41) is 5.34. The highest BCUT2D eigenvalue weighted by Crippen LogP contribution is 2.15. The van der Waals surface area contributed by atoms with E-state index in [2.05, 4.69) is 25.6 Å². The Hall–Kier alpha value is -3.10. The van der Waals surface area contributed by atoms with Crippen LogP contribution in [0.4, 0.5) is 10.5 Å². The van der Waals surface area contributed by atoms with Gasteiger partial charge in [-0.05, 0) is 31.2 Å². The maximum absolute atomic E-state index is 11.9. The fraction of sp³-hybridized carbons (Fsp3) is 0.333. The number of ether oxygens (including phenoxy) is 3. The van der Waals surface area contributed by atoms with E-state index in [1.165, 1.54) is 14.2 Å². The number of amides is 2. The van der Waals surface area contributed by atoms with E-state index in [0.29, 0.717) is 18.1 Å². The number of hydrogen-bond acceptors (Lipinski definition) is 7. The van der Waals surface area contributed by atoms with E-state index in [4.69, 9.17) is 14.2 Å². The molecule has 0 spiro atoms. The highest BCUT2D eigenvalue weighted by molar-refractivity contribution is 5.89. The van der Waals surface area contributed by atoms with Crippen LogP contribution < -0.4 is 24.8 Å². The summed E-state index contributed by atoms with van der Waals surface area (Å²) in [4.78, 5) is 23.9. The standard InChI is InChI=1S/C15H19N5O4/c1-4-24-11-7-5-10(6-8-11)17-13(21)16-9-12-18-14(22-2)20-15(19-12)23-3/h5-8H,4,9H2,1-3H3,(H2,16,17,21). The van der Waals surface area contributed by atoms with Crippen molar-refractivity contribution in [1.29, 1.82) is 0 Å². The molecular formula is C15H19N5O4. The summed E-state index contributed by atoms with van der Waals surface area (Å²) in [5.41, 5.74) is 0.641. The molecule has 9 nitrogen and oxygen atoms in total. The van der Waals surface area contributed by atoms with Crippen molar-refractivity contribution in [2.45, 2.75) is 13.5 Å². The zero-order valence-electron chi connectivity index (χ0n) is 13.7. The maximum atomic E-state index is 11.9. The SMILES string of the molecule is CCOc1ccc(NC(=O)NCc2nc(OC)nc(OC)n2)cc1.